The van der Waals surface area contributed by atoms with Gasteiger partial charge in [0.15, 0.2) is 0 Å². The molecular weight excluding hydrogens is 465 g/mol. The van der Waals surface area contributed by atoms with Crippen LogP contribution in [0.4, 0.5) is 35.4 Å². The molecule has 0 amide bonds. The summed E-state index contributed by atoms with van der Waals surface area (Å²) in [6.45, 7) is 4.57. The lowest BCUT2D eigenvalue weighted by atomic mass is 9.95. The number of rotatable bonds is 7. The van der Waals surface area contributed by atoms with Gasteiger partial charge in [0.1, 0.15) is 10.7 Å². The second-order valence-electron chi connectivity index (χ2n) is 7.46. The topological polar surface area (TPSA) is 99.9 Å². The Morgan fingerprint density at radius 2 is 1.97 bits per heavy atom. The molecule has 0 atom stereocenters. The van der Waals surface area contributed by atoms with E-state index in [0.29, 0.717) is 30.5 Å². The van der Waals surface area contributed by atoms with E-state index in [0.717, 1.165) is 36.4 Å². The summed E-state index contributed by atoms with van der Waals surface area (Å²) in [6.07, 6.45) is 4.43. The van der Waals surface area contributed by atoms with Gasteiger partial charge in [-0.1, -0.05) is 31.6 Å². The summed E-state index contributed by atoms with van der Waals surface area (Å²) in [5.41, 5.74) is -3.26. The molecule has 0 unspecified atom stereocenters. The van der Waals surface area contributed by atoms with Crippen LogP contribution in [0.1, 0.15) is 49.2 Å². The van der Waals surface area contributed by atoms with Gasteiger partial charge in [-0.15, -0.1) is 20.4 Å². The summed E-state index contributed by atoms with van der Waals surface area (Å²) in [5.74, 6) is 0. The lowest BCUT2D eigenvalue weighted by molar-refractivity contribution is -0.0429. The van der Waals surface area contributed by atoms with Gasteiger partial charge in [-0.3, -0.25) is 4.72 Å². The van der Waals surface area contributed by atoms with E-state index in [9.17, 15) is 21.6 Å². The third kappa shape index (κ3) is 5.20. The zero-order valence-electron chi connectivity index (χ0n) is 18.0. The number of fused-ring (bicyclic) bond motifs is 1. The van der Waals surface area contributed by atoms with Crippen LogP contribution in [0.2, 0.25) is 0 Å². The highest BCUT2D eigenvalue weighted by Crippen LogP contribution is 2.43. The van der Waals surface area contributed by atoms with Crippen LogP contribution in [0.15, 0.2) is 16.3 Å². The van der Waals surface area contributed by atoms with Crippen LogP contribution in [0.3, 0.4) is 0 Å². The van der Waals surface area contributed by atoms with Gasteiger partial charge in [0.2, 0.25) is 0 Å². The van der Waals surface area contributed by atoms with Crippen molar-refractivity contribution < 1.29 is 21.6 Å². The van der Waals surface area contributed by atoms with Crippen LogP contribution in [-0.2, 0) is 29.3 Å². The minimum absolute atomic E-state index is 0.0852. The summed E-state index contributed by atoms with van der Waals surface area (Å²) >= 11 is 1.22. The number of sulfonamides is 1. The van der Waals surface area contributed by atoms with E-state index in [1.807, 2.05) is 25.8 Å². The molecule has 0 radical (unpaired) electrons. The van der Waals surface area contributed by atoms with Gasteiger partial charge in [-0.2, -0.15) is 21.6 Å². The Hall–Kier alpha value is -2.28. The van der Waals surface area contributed by atoms with Gasteiger partial charge >= 0.3 is 15.5 Å². The van der Waals surface area contributed by atoms with Crippen LogP contribution in [0.5, 0.6) is 0 Å². The zero-order valence-corrected chi connectivity index (χ0v) is 19.7. The molecule has 0 spiro atoms. The SMILES string of the molecule is CCCc1c2c(cc(NS(=O)(=O)C(F)(F)F)c1N=Nc1nnc(CC)s1)N(C)CCCC2. The molecule has 13 heteroatoms. The maximum absolute atomic E-state index is 13.1. The lowest BCUT2D eigenvalue weighted by Gasteiger charge is -2.24. The molecule has 0 bridgehead atoms. The summed E-state index contributed by atoms with van der Waals surface area (Å²) < 4.78 is 65.0. The van der Waals surface area contributed by atoms with Crippen LogP contribution < -0.4 is 9.62 Å². The molecule has 1 aliphatic rings. The van der Waals surface area contributed by atoms with Crippen molar-refractivity contribution in [3.63, 3.8) is 0 Å². The van der Waals surface area contributed by atoms with Crippen molar-refractivity contribution >= 4 is 43.6 Å². The van der Waals surface area contributed by atoms with Crippen LogP contribution in [-0.4, -0.2) is 37.7 Å². The first-order valence-electron chi connectivity index (χ1n) is 10.3. The number of benzene rings is 1. The third-order valence-corrected chi connectivity index (χ3v) is 7.17. The van der Waals surface area contributed by atoms with Gasteiger partial charge in [-0.25, -0.2) is 0 Å². The molecular formula is C19H25F3N6O2S2. The highest BCUT2D eigenvalue weighted by molar-refractivity contribution is 7.93. The summed E-state index contributed by atoms with van der Waals surface area (Å²) in [4.78, 5) is 1.94. The number of halogens is 3. The number of azo groups is 1. The summed E-state index contributed by atoms with van der Waals surface area (Å²) in [5, 5.41) is 17.1. The molecule has 1 aromatic heterocycles. The number of hydrogen-bond acceptors (Lipinski definition) is 8. The Labute approximate surface area is 189 Å². The smallest absolute Gasteiger partial charge is 0.374 e. The Kier molecular flexibility index (Phi) is 7.38. The number of nitrogens with one attached hydrogen (secondary N) is 1. The number of alkyl halides is 3. The molecule has 0 aliphatic carbocycles. The molecule has 0 saturated heterocycles. The highest BCUT2D eigenvalue weighted by atomic mass is 32.2. The van der Waals surface area contributed by atoms with E-state index >= 15 is 0 Å². The maximum Gasteiger partial charge on any atom is 0.516 e. The molecule has 3 rings (SSSR count). The van der Waals surface area contributed by atoms with Gasteiger partial charge < -0.3 is 4.90 Å². The van der Waals surface area contributed by atoms with Crippen LogP contribution >= 0.6 is 11.3 Å². The van der Waals surface area contributed by atoms with Gasteiger partial charge in [-0.05, 0) is 49.3 Å². The fraction of sp³-hybridized carbons (Fsp3) is 0.579. The Morgan fingerprint density at radius 1 is 1.22 bits per heavy atom. The second kappa shape index (κ2) is 9.69. The first-order chi connectivity index (χ1) is 15.1. The second-order valence-corrected chi connectivity index (χ2v) is 10.2. The number of aryl methyl sites for hydroxylation is 1. The van der Waals surface area contributed by atoms with Gasteiger partial charge in [0.25, 0.3) is 5.13 Å². The lowest BCUT2D eigenvalue weighted by Crippen LogP contribution is -2.30. The van der Waals surface area contributed by atoms with Crippen molar-refractivity contribution in [3.8, 4) is 0 Å². The molecule has 1 aromatic carbocycles. The van der Waals surface area contributed by atoms with E-state index in [1.165, 1.54) is 17.4 Å². The first-order valence-corrected chi connectivity index (χ1v) is 12.6. The van der Waals surface area contributed by atoms with Crippen molar-refractivity contribution in [1.82, 2.24) is 10.2 Å². The molecule has 32 heavy (non-hydrogen) atoms. The largest absolute Gasteiger partial charge is 0.516 e. The molecule has 8 nitrogen and oxygen atoms in total. The zero-order chi connectivity index (χ0) is 23.5. The molecule has 2 aromatic rings. The normalized spacial score (nSPS) is 15.1. The fourth-order valence-electron chi connectivity index (χ4n) is 3.58. The van der Waals surface area contributed by atoms with Crippen LogP contribution in [0.25, 0.3) is 0 Å². The minimum Gasteiger partial charge on any atom is -0.374 e. The molecule has 0 fully saturated rings. The number of anilines is 2. The average Bonchev–Trinajstić information content (AvgIpc) is 3.10. The summed E-state index contributed by atoms with van der Waals surface area (Å²) in [7, 11) is -3.79. The Bertz CT molecular complexity index is 1100. The molecule has 1 aliphatic heterocycles. The van der Waals surface area contributed by atoms with E-state index in [-0.39, 0.29) is 16.5 Å². The third-order valence-electron chi connectivity index (χ3n) is 5.12. The average molecular weight is 491 g/mol. The van der Waals surface area contributed by atoms with Crippen molar-refractivity contribution in [3.05, 3.63) is 22.2 Å². The Morgan fingerprint density at radius 3 is 2.59 bits per heavy atom. The maximum atomic E-state index is 13.1. The minimum atomic E-state index is -5.64. The monoisotopic (exact) mass is 490 g/mol. The molecule has 0 saturated carbocycles. The molecule has 1 N–H and O–H groups in total. The van der Waals surface area contributed by atoms with E-state index in [4.69, 9.17) is 0 Å². The predicted octanol–water partition coefficient (Wildman–Crippen LogP) is 5.50. The van der Waals surface area contributed by atoms with Crippen molar-refractivity contribution in [2.75, 3.05) is 23.2 Å². The standard InChI is InChI=1S/C19H25F3N6O2S2/c1-4-8-13-12-9-6-7-10-28(3)15(12)11-14(27-32(29,30)19(20,21)22)17(13)24-26-18-25-23-16(5-2)31-18/h11,27H,4-10H2,1-3H3. The number of nitrogens with zero attached hydrogens (tertiary/aromatic N) is 5. The van der Waals surface area contributed by atoms with E-state index in [1.54, 1.807) is 4.72 Å². The highest BCUT2D eigenvalue weighted by Gasteiger charge is 2.46. The quantitative estimate of drug-likeness (QED) is 0.517. The van der Waals surface area contributed by atoms with E-state index < -0.39 is 15.5 Å². The summed E-state index contributed by atoms with van der Waals surface area (Å²) in [6, 6.07) is 1.43. The van der Waals surface area contributed by atoms with E-state index in [2.05, 4.69) is 20.4 Å². The van der Waals surface area contributed by atoms with Crippen molar-refractivity contribution in [2.45, 2.75) is 57.9 Å². The first kappa shape index (κ1) is 24.4. The van der Waals surface area contributed by atoms with Gasteiger partial charge in [0.05, 0.1) is 5.69 Å². The fourth-order valence-corrected chi connectivity index (χ4v) is 4.74. The molecule has 176 valence electrons. The number of hydrogen-bond donors (Lipinski definition) is 1. The number of aromatic nitrogens is 2. The van der Waals surface area contributed by atoms with Gasteiger partial charge in [0, 0.05) is 19.3 Å². The Balaban J connectivity index is 2.21. The van der Waals surface area contributed by atoms with Crippen molar-refractivity contribution in [1.29, 1.82) is 0 Å². The van der Waals surface area contributed by atoms with Crippen molar-refractivity contribution in [2.24, 2.45) is 10.2 Å². The van der Waals surface area contributed by atoms with Crippen LogP contribution in [0, 0.1) is 0 Å². The molecule has 2 heterocycles. The predicted molar refractivity (Wildman–Crippen MR) is 119 cm³/mol.